The van der Waals surface area contributed by atoms with E-state index in [9.17, 15) is 4.79 Å². The average Bonchev–Trinajstić information content (AvgIpc) is 3.33. The number of methoxy groups -OCH3 is 1. The van der Waals surface area contributed by atoms with Crippen molar-refractivity contribution in [1.29, 1.82) is 0 Å². The summed E-state index contributed by atoms with van der Waals surface area (Å²) in [4.78, 5) is 14.8. The maximum atomic E-state index is 13.0. The third-order valence-electron chi connectivity index (χ3n) is 5.16. The van der Waals surface area contributed by atoms with E-state index in [0.717, 1.165) is 43.1 Å². The first-order valence-corrected chi connectivity index (χ1v) is 8.82. The highest BCUT2D eigenvalue weighted by molar-refractivity contribution is 5.91. The minimum absolute atomic E-state index is 0.0156. The summed E-state index contributed by atoms with van der Waals surface area (Å²) < 4.78 is 12.9. The molecule has 0 unspecified atom stereocenters. The second kappa shape index (κ2) is 6.59. The van der Waals surface area contributed by atoms with E-state index in [-0.39, 0.29) is 17.9 Å². The van der Waals surface area contributed by atoms with E-state index < -0.39 is 0 Å². The number of likely N-dealkylation sites (tertiary alicyclic amines) is 1. The molecule has 2 aromatic rings. The molecular weight excluding hydrogens is 322 g/mol. The van der Waals surface area contributed by atoms with Gasteiger partial charge in [0.15, 0.2) is 0 Å². The van der Waals surface area contributed by atoms with Crippen molar-refractivity contribution in [3.63, 3.8) is 0 Å². The first-order valence-electron chi connectivity index (χ1n) is 8.82. The van der Waals surface area contributed by atoms with Gasteiger partial charge in [0.25, 0.3) is 5.91 Å². The van der Waals surface area contributed by atoms with Gasteiger partial charge in [-0.3, -0.25) is 4.79 Å². The van der Waals surface area contributed by atoms with E-state index >= 15 is 0 Å². The lowest BCUT2D eigenvalue weighted by Crippen LogP contribution is -2.32. The molecule has 0 radical (unpaired) electrons. The van der Waals surface area contributed by atoms with Crippen molar-refractivity contribution in [3.8, 4) is 0 Å². The van der Waals surface area contributed by atoms with Gasteiger partial charge in [-0.15, -0.1) is 10.2 Å². The number of hydrogen-bond donors (Lipinski definition) is 0. The van der Waals surface area contributed by atoms with Gasteiger partial charge in [0.05, 0.1) is 11.8 Å². The standard InChI is InChI=1S/C17H23N5O3/c1-11-7-13(25-20-11)8-12-9-21(10-14(12)24-2)17(23)16-19-18-15-5-3-4-6-22(15)16/h7,12,14H,3-6,8-10H2,1-2H3/t12-,14+/m1/s1. The van der Waals surface area contributed by atoms with Crippen molar-refractivity contribution in [2.45, 2.75) is 45.3 Å². The number of hydrogen-bond acceptors (Lipinski definition) is 6. The quantitative estimate of drug-likeness (QED) is 0.829. The Morgan fingerprint density at radius 2 is 2.24 bits per heavy atom. The molecule has 0 saturated carbocycles. The summed E-state index contributed by atoms with van der Waals surface area (Å²) >= 11 is 0. The number of rotatable bonds is 4. The predicted octanol–water partition coefficient (Wildman–Crippen LogP) is 1.24. The lowest BCUT2D eigenvalue weighted by molar-refractivity contribution is 0.0661. The molecule has 0 N–H and O–H groups in total. The Hall–Kier alpha value is -2.22. The number of fused-ring (bicyclic) bond motifs is 1. The Morgan fingerprint density at radius 1 is 1.36 bits per heavy atom. The highest BCUT2D eigenvalue weighted by atomic mass is 16.5. The predicted molar refractivity (Wildman–Crippen MR) is 88.1 cm³/mol. The average molecular weight is 345 g/mol. The molecule has 8 heteroatoms. The molecule has 4 rings (SSSR count). The fourth-order valence-corrected chi connectivity index (χ4v) is 3.85. The highest BCUT2D eigenvalue weighted by Crippen LogP contribution is 2.26. The SMILES string of the molecule is CO[C@H]1CN(C(=O)c2nnc3n2CCCC3)C[C@H]1Cc1cc(C)no1. The minimum atomic E-state index is -0.0565. The molecule has 1 saturated heterocycles. The lowest BCUT2D eigenvalue weighted by Gasteiger charge is -2.18. The van der Waals surface area contributed by atoms with Crippen LogP contribution in [0.1, 0.15) is 40.7 Å². The number of aromatic nitrogens is 4. The van der Waals surface area contributed by atoms with Gasteiger partial charge in [-0.1, -0.05) is 5.16 Å². The van der Waals surface area contributed by atoms with Gasteiger partial charge in [-0.25, -0.2) is 0 Å². The molecule has 8 nitrogen and oxygen atoms in total. The topological polar surface area (TPSA) is 86.3 Å². The molecule has 0 aromatic carbocycles. The number of ether oxygens (including phenoxy) is 1. The van der Waals surface area contributed by atoms with E-state index in [1.807, 2.05) is 22.5 Å². The van der Waals surface area contributed by atoms with Crippen molar-refractivity contribution in [2.24, 2.45) is 5.92 Å². The number of carbonyl (C=O) groups is 1. The molecule has 2 aliphatic heterocycles. The number of aryl methyl sites for hydroxylation is 2. The third kappa shape index (κ3) is 3.06. The maximum Gasteiger partial charge on any atom is 0.291 e. The molecule has 0 aliphatic carbocycles. The van der Waals surface area contributed by atoms with Crippen LogP contribution in [-0.4, -0.2) is 57.0 Å². The van der Waals surface area contributed by atoms with Crippen molar-refractivity contribution in [1.82, 2.24) is 24.8 Å². The van der Waals surface area contributed by atoms with Crippen LogP contribution in [0.25, 0.3) is 0 Å². The maximum absolute atomic E-state index is 13.0. The number of amides is 1. The molecule has 134 valence electrons. The Kier molecular flexibility index (Phi) is 4.29. The first-order chi connectivity index (χ1) is 12.2. The van der Waals surface area contributed by atoms with Crippen molar-refractivity contribution in [2.75, 3.05) is 20.2 Å². The molecule has 0 spiro atoms. The van der Waals surface area contributed by atoms with Gasteiger partial charge in [-0.2, -0.15) is 0 Å². The van der Waals surface area contributed by atoms with E-state index in [1.54, 1.807) is 7.11 Å². The molecule has 4 heterocycles. The van der Waals surface area contributed by atoms with Crippen LogP contribution in [0.5, 0.6) is 0 Å². The normalized spacial score (nSPS) is 23.0. The largest absolute Gasteiger partial charge is 0.379 e. The van der Waals surface area contributed by atoms with Crippen molar-refractivity contribution < 1.29 is 14.1 Å². The summed E-state index contributed by atoms with van der Waals surface area (Å²) in [5, 5.41) is 12.3. The van der Waals surface area contributed by atoms with Crippen LogP contribution in [0.4, 0.5) is 0 Å². The van der Waals surface area contributed by atoms with Gasteiger partial charge in [0.2, 0.25) is 5.82 Å². The molecule has 1 fully saturated rings. The fraction of sp³-hybridized carbons (Fsp3) is 0.647. The van der Waals surface area contributed by atoms with Gasteiger partial charge in [-0.05, 0) is 19.8 Å². The third-order valence-corrected chi connectivity index (χ3v) is 5.16. The highest BCUT2D eigenvalue weighted by Gasteiger charge is 2.38. The van der Waals surface area contributed by atoms with E-state index in [0.29, 0.717) is 25.3 Å². The number of nitrogens with zero attached hydrogens (tertiary/aromatic N) is 5. The second-order valence-corrected chi connectivity index (χ2v) is 6.93. The van der Waals surface area contributed by atoms with Crippen LogP contribution >= 0.6 is 0 Å². The summed E-state index contributed by atoms with van der Waals surface area (Å²) in [5.74, 6) is 2.34. The molecular formula is C17H23N5O3. The van der Waals surface area contributed by atoms with Gasteiger partial charge < -0.3 is 18.7 Å². The monoisotopic (exact) mass is 345 g/mol. The molecule has 0 bridgehead atoms. The summed E-state index contributed by atoms with van der Waals surface area (Å²) in [5.41, 5.74) is 0.866. The summed E-state index contributed by atoms with van der Waals surface area (Å²) in [7, 11) is 1.69. The smallest absolute Gasteiger partial charge is 0.291 e. The summed E-state index contributed by atoms with van der Waals surface area (Å²) in [6.45, 7) is 3.92. The van der Waals surface area contributed by atoms with Crippen LogP contribution in [0.15, 0.2) is 10.6 Å². The zero-order valence-electron chi connectivity index (χ0n) is 14.6. The van der Waals surface area contributed by atoms with E-state index in [2.05, 4.69) is 15.4 Å². The van der Waals surface area contributed by atoms with Crippen LogP contribution < -0.4 is 0 Å². The van der Waals surface area contributed by atoms with Crippen LogP contribution in [0.2, 0.25) is 0 Å². The molecule has 25 heavy (non-hydrogen) atoms. The van der Waals surface area contributed by atoms with Gasteiger partial charge in [0, 0.05) is 51.6 Å². The summed E-state index contributed by atoms with van der Waals surface area (Å²) in [6, 6.07) is 1.94. The zero-order chi connectivity index (χ0) is 17.4. The van der Waals surface area contributed by atoms with E-state index in [4.69, 9.17) is 9.26 Å². The van der Waals surface area contributed by atoms with Gasteiger partial charge >= 0.3 is 0 Å². The number of carbonyl (C=O) groups excluding carboxylic acids is 1. The fourth-order valence-electron chi connectivity index (χ4n) is 3.85. The second-order valence-electron chi connectivity index (χ2n) is 6.93. The Balaban J connectivity index is 1.49. The first kappa shape index (κ1) is 16.3. The van der Waals surface area contributed by atoms with Crippen LogP contribution in [0, 0.1) is 12.8 Å². The van der Waals surface area contributed by atoms with Crippen LogP contribution in [0.3, 0.4) is 0 Å². The zero-order valence-corrected chi connectivity index (χ0v) is 14.6. The van der Waals surface area contributed by atoms with Crippen molar-refractivity contribution >= 4 is 5.91 Å². The van der Waals surface area contributed by atoms with E-state index in [1.165, 1.54) is 0 Å². The molecule has 2 aromatic heterocycles. The Morgan fingerprint density at radius 3 is 3.00 bits per heavy atom. The lowest BCUT2D eigenvalue weighted by atomic mass is 10.0. The Bertz CT molecular complexity index is 768. The Labute approximate surface area is 146 Å². The summed E-state index contributed by atoms with van der Waals surface area (Å²) in [6.07, 6.45) is 3.77. The molecule has 2 aliphatic rings. The van der Waals surface area contributed by atoms with Crippen molar-refractivity contribution in [3.05, 3.63) is 29.2 Å². The minimum Gasteiger partial charge on any atom is -0.379 e. The molecule has 2 atom stereocenters. The van der Waals surface area contributed by atoms with Gasteiger partial charge in [0.1, 0.15) is 11.6 Å². The van der Waals surface area contributed by atoms with Crippen LogP contribution in [-0.2, 0) is 24.1 Å². The molecule has 1 amide bonds.